The van der Waals surface area contributed by atoms with E-state index in [2.05, 4.69) is 35.8 Å². The van der Waals surface area contributed by atoms with Gasteiger partial charge in [-0.05, 0) is 32.4 Å². The molecule has 34 heavy (non-hydrogen) atoms. The molecule has 0 saturated heterocycles. The van der Waals surface area contributed by atoms with Gasteiger partial charge in [-0.15, -0.1) is 5.10 Å². The number of anilines is 1. The second-order valence-electron chi connectivity index (χ2n) is 8.35. The molecule has 2 heterocycles. The van der Waals surface area contributed by atoms with Gasteiger partial charge < -0.3 is 24.7 Å². The Morgan fingerprint density at radius 2 is 1.65 bits per heavy atom. The first kappa shape index (κ1) is 28.8. The van der Waals surface area contributed by atoms with Crippen LogP contribution in [0.2, 0.25) is 0 Å². The molecule has 0 bridgehead atoms. The summed E-state index contributed by atoms with van der Waals surface area (Å²) in [7, 11) is 0. The van der Waals surface area contributed by atoms with Crippen molar-refractivity contribution in [1.82, 2.24) is 19.6 Å². The summed E-state index contributed by atoms with van der Waals surface area (Å²) in [6, 6.07) is 0. The molecule has 0 aliphatic heterocycles. The Kier molecular flexibility index (Phi) is 13.8. The fourth-order valence-corrected chi connectivity index (χ4v) is 3.65. The zero-order valence-corrected chi connectivity index (χ0v) is 22.3. The fourth-order valence-electron chi connectivity index (χ4n) is 3.30. The van der Waals surface area contributed by atoms with Crippen LogP contribution in [-0.2, 0) is 18.9 Å². The Bertz CT molecular complexity index is 822. The lowest BCUT2D eigenvalue weighted by Gasteiger charge is -2.29. The fraction of sp³-hybridized carbons (Fsp3) is 0.792. The zero-order valence-electron chi connectivity index (χ0n) is 21.5. The summed E-state index contributed by atoms with van der Waals surface area (Å²) >= 11 is 1.43. The Morgan fingerprint density at radius 1 is 1.00 bits per heavy atom. The molecule has 0 spiro atoms. The first-order valence-electron chi connectivity index (χ1n) is 12.5. The normalized spacial score (nSPS) is 14.5. The van der Waals surface area contributed by atoms with Gasteiger partial charge in [0.15, 0.2) is 11.5 Å². The summed E-state index contributed by atoms with van der Waals surface area (Å²) < 4.78 is 26.4. The minimum absolute atomic E-state index is 0.132. The standard InChI is InChI=1S/C24H43N5O4S/c1-6-9-12-30-16-20(18(4)32-14-11-8-3)33-21(17-31-13-10-7-2)19-15-26-23-22(25)27-24(34-5)28-29(19)23/h15,18,20-21H,6-14,16-17H2,1-5H3,(H2,25,27,28)/t18?,20-,21?/m1/s1. The number of ether oxygens (including phenoxy) is 4. The highest BCUT2D eigenvalue weighted by Gasteiger charge is 2.28. The van der Waals surface area contributed by atoms with Crippen LogP contribution in [0.1, 0.15) is 78.0 Å². The Hall–Kier alpha value is -1.46. The first-order chi connectivity index (χ1) is 16.5. The summed E-state index contributed by atoms with van der Waals surface area (Å²) in [4.78, 5) is 8.77. The van der Waals surface area contributed by atoms with Gasteiger partial charge in [-0.3, -0.25) is 0 Å². The van der Waals surface area contributed by atoms with Gasteiger partial charge in [0, 0.05) is 19.8 Å². The maximum absolute atomic E-state index is 6.63. The molecule has 9 nitrogen and oxygen atoms in total. The molecule has 2 rings (SSSR count). The second-order valence-corrected chi connectivity index (χ2v) is 9.13. The minimum atomic E-state index is -0.409. The van der Waals surface area contributed by atoms with Crippen LogP contribution >= 0.6 is 11.8 Å². The average molecular weight is 498 g/mol. The highest BCUT2D eigenvalue weighted by atomic mass is 32.2. The summed E-state index contributed by atoms with van der Waals surface area (Å²) in [6.45, 7) is 11.4. The molecule has 2 unspecified atom stereocenters. The SMILES string of the molecule is CCCCOCC(O[C@H](COCCCC)C(C)OCCCC)c1cnc2c(N)nc(SC)nn12. The number of nitrogens with two attached hydrogens (primary N) is 1. The lowest BCUT2D eigenvalue weighted by atomic mass is 10.2. The van der Waals surface area contributed by atoms with Crippen molar-refractivity contribution in [3.63, 3.8) is 0 Å². The third-order valence-electron chi connectivity index (χ3n) is 5.48. The quantitative estimate of drug-likeness (QED) is 0.218. The van der Waals surface area contributed by atoms with E-state index in [4.69, 9.17) is 24.7 Å². The first-order valence-corrected chi connectivity index (χ1v) is 13.8. The maximum atomic E-state index is 6.63. The van der Waals surface area contributed by atoms with Crippen LogP contribution < -0.4 is 5.73 Å². The number of unbranched alkanes of at least 4 members (excludes halogenated alkanes) is 3. The summed E-state index contributed by atoms with van der Waals surface area (Å²) in [5.74, 6) is 0.340. The smallest absolute Gasteiger partial charge is 0.209 e. The third kappa shape index (κ3) is 8.96. The van der Waals surface area contributed by atoms with Crippen molar-refractivity contribution in [2.75, 3.05) is 45.0 Å². The van der Waals surface area contributed by atoms with Gasteiger partial charge in [-0.25, -0.2) is 14.5 Å². The molecule has 0 fully saturated rings. The summed E-state index contributed by atoms with van der Waals surface area (Å²) in [5.41, 5.74) is 7.42. The van der Waals surface area contributed by atoms with Crippen molar-refractivity contribution >= 4 is 23.2 Å². The van der Waals surface area contributed by atoms with Crippen molar-refractivity contribution in [2.24, 2.45) is 0 Å². The highest BCUT2D eigenvalue weighted by Crippen LogP contribution is 2.25. The molecule has 0 aromatic carbocycles. The van der Waals surface area contributed by atoms with Crippen molar-refractivity contribution in [1.29, 1.82) is 0 Å². The van der Waals surface area contributed by atoms with Gasteiger partial charge in [0.25, 0.3) is 0 Å². The van der Waals surface area contributed by atoms with Crippen molar-refractivity contribution in [3.05, 3.63) is 11.9 Å². The van der Waals surface area contributed by atoms with Gasteiger partial charge in [0.2, 0.25) is 5.16 Å². The molecule has 2 N–H and O–H groups in total. The van der Waals surface area contributed by atoms with Crippen molar-refractivity contribution in [3.8, 4) is 0 Å². The number of rotatable bonds is 19. The van der Waals surface area contributed by atoms with Gasteiger partial charge in [-0.2, -0.15) is 0 Å². The van der Waals surface area contributed by atoms with Crippen molar-refractivity contribution in [2.45, 2.75) is 89.7 Å². The second kappa shape index (κ2) is 16.3. The molecule has 0 aliphatic carbocycles. The van der Waals surface area contributed by atoms with Gasteiger partial charge in [-0.1, -0.05) is 51.8 Å². The number of hydrogen-bond acceptors (Lipinski definition) is 9. The summed E-state index contributed by atoms with van der Waals surface area (Å²) in [5, 5.41) is 5.18. The molecule has 3 atom stereocenters. The minimum Gasteiger partial charge on any atom is -0.380 e. The predicted molar refractivity (Wildman–Crippen MR) is 136 cm³/mol. The van der Waals surface area contributed by atoms with E-state index in [0.717, 1.165) is 44.2 Å². The molecule has 0 saturated carbocycles. The lowest BCUT2D eigenvalue weighted by Crippen LogP contribution is -2.36. The maximum Gasteiger partial charge on any atom is 0.209 e. The van der Waals surface area contributed by atoms with Gasteiger partial charge in [0.1, 0.15) is 12.2 Å². The highest BCUT2D eigenvalue weighted by molar-refractivity contribution is 7.98. The molecule has 2 aromatic rings. The van der Waals surface area contributed by atoms with E-state index in [1.165, 1.54) is 11.8 Å². The van der Waals surface area contributed by atoms with E-state index in [9.17, 15) is 0 Å². The molecule has 0 amide bonds. The molecule has 10 heteroatoms. The number of hydrogen-bond donors (Lipinski definition) is 1. The molecule has 194 valence electrons. The largest absolute Gasteiger partial charge is 0.380 e. The van der Waals surface area contributed by atoms with Gasteiger partial charge >= 0.3 is 0 Å². The lowest BCUT2D eigenvalue weighted by molar-refractivity contribution is -0.141. The molecular formula is C24H43N5O4S. The molecule has 2 aromatic heterocycles. The van der Waals surface area contributed by atoms with Gasteiger partial charge in [0.05, 0.1) is 31.2 Å². The Balaban J connectivity index is 2.28. The third-order valence-corrected chi connectivity index (χ3v) is 6.02. The number of fused-ring (bicyclic) bond motifs is 1. The Morgan fingerprint density at radius 3 is 2.29 bits per heavy atom. The van der Waals surface area contributed by atoms with Crippen LogP contribution in [0.3, 0.4) is 0 Å². The number of imidazole rings is 1. The number of nitrogens with zero attached hydrogens (tertiary/aromatic N) is 4. The van der Waals surface area contributed by atoms with E-state index >= 15 is 0 Å². The van der Waals surface area contributed by atoms with Crippen LogP contribution in [0.5, 0.6) is 0 Å². The van der Waals surface area contributed by atoms with E-state index in [-0.39, 0.29) is 12.2 Å². The van der Waals surface area contributed by atoms with Crippen LogP contribution in [0.25, 0.3) is 5.65 Å². The van der Waals surface area contributed by atoms with Crippen LogP contribution in [0, 0.1) is 0 Å². The van der Waals surface area contributed by atoms with Crippen LogP contribution in [0.4, 0.5) is 5.82 Å². The summed E-state index contributed by atoms with van der Waals surface area (Å²) in [6.07, 6.45) is 9.11. The van der Waals surface area contributed by atoms with E-state index < -0.39 is 6.10 Å². The Labute approximate surface area is 208 Å². The molecule has 0 aliphatic rings. The predicted octanol–water partition coefficient (Wildman–Crippen LogP) is 4.69. The topological polar surface area (TPSA) is 106 Å². The number of nitrogen functional groups attached to an aromatic ring is 1. The average Bonchev–Trinajstić information content (AvgIpc) is 3.27. The zero-order chi connectivity index (χ0) is 24.8. The van der Waals surface area contributed by atoms with Crippen LogP contribution in [-0.4, -0.2) is 71.1 Å². The number of aromatic nitrogens is 4. The van der Waals surface area contributed by atoms with E-state index in [1.54, 1.807) is 10.7 Å². The van der Waals surface area contributed by atoms with Crippen molar-refractivity contribution < 1.29 is 18.9 Å². The molecular weight excluding hydrogens is 454 g/mol. The number of thioether (sulfide) groups is 1. The van der Waals surface area contributed by atoms with E-state index in [0.29, 0.717) is 49.7 Å². The van der Waals surface area contributed by atoms with E-state index in [1.807, 2.05) is 13.2 Å². The monoisotopic (exact) mass is 497 g/mol. The molecule has 0 radical (unpaired) electrons. The van der Waals surface area contributed by atoms with Crippen LogP contribution in [0.15, 0.2) is 11.4 Å².